The van der Waals surface area contributed by atoms with Gasteiger partial charge in [-0.05, 0) is 38.5 Å². The molecule has 3 amide bonds. The fourth-order valence-electron chi connectivity index (χ4n) is 4.06. The number of rotatable bonds is 4. The number of fused-ring (bicyclic) bond motifs is 1. The highest BCUT2D eigenvalue weighted by molar-refractivity contribution is 7.15. The maximum atomic E-state index is 12.9. The highest BCUT2D eigenvalue weighted by Crippen LogP contribution is 2.38. The number of ether oxygens (including phenoxy) is 1. The quantitative estimate of drug-likeness (QED) is 0.527. The molecule has 4 rings (SSSR count). The number of aliphatic hydroxyl groups excluding tert-OH is 1. The largest absolute Gasteiger partial charge is 0.443 e. The highest BCUT2D eigenvalue weighted by atomic mass is 32.1. The lowest BCUT2D eigenvalue weighted by Crippen LogP contribution is -2.60. The molecule has 2 N–H and O–H groups in total. The Bertz CT molecular complexity index is 1090. The van der Waals surface area contributed by atoms with E-state index in [2.05, 4.69) is 5.43 Å². The first kappa shape index (κ1) is 23.2. The van der Waals surface area contributed by atoms with Crippen LogP contribution in [0.15, 0.2) is 54.6 Å². The average Bonchev–Trinajstić information content (AvgIpc) is 3.33. The summed E-state index contributed by atoms with van der Waals surface area (Å²) in [6.07, 6.45) is 1.49. The van der Waals surface area contributed by atoms with Gasteiger partial charge in [0.2, 0.25) is 11.8 Å². The van der Waals surface area contributed by atoms with Crippen molar-refractivity contribution in [1.29, 1.82) is 0 Å². The van der Waals surface area contributed by atoms with Gasteiger partial charge in [0.25, 0.3) is 0 Å². The van der Waals surface area contributed by atoms with Crippen LogP contribution in [-0.2, 0) is 14.3 Å². The summed E-state index contributed by atoms with van der Waals surface area (Å²) >= 11 is 1.43. The molecule has 0 aliphatic carbocycles. The number of likely N-dealkylation sites (tertiary alicyclic amines) is 1. The Labute approximate surface area is 196 Å². The van der Waals surface area contributed by atoms with Crippen LogP contribution in [0.5, 0.6) is 0 Å². The zero-order chi connectivity index (χ0) is 23.9. The summed E-state index contributed by atoms with van der Waals surface area (Å²) in [5, 5.41) is 12.6. The lowest BCUT2D eigenvalue weighted by atomic mass is 9.92. The monoisotopic (exact) mass is 469 g/mol. The van der Waals surface area contributed by atoms with E-state index in [0.717, 1.165) is 15.3 Å². The number of aliphatic hydroxyl groups is 1. The second-order valence-electron chi connectivity index (χ2n) is 9.12. The van der Waals surface area contributed by atoms with Gasteiger partial charge in [0.05, 0.1) is 12.0 Å². The van der Waals surface area contributed by atoms with Gasteiger partial charge in [-0.15, -0.1) is 11.3 Å². The maximum Gasteiger partial charge on any atom is 0.422 e. The number of thiophene rings is 1. The topological polar surface area (TPSA) is 99.2 Å². The van der Waals surface area contributed by atoms with Crippen molar-refractivity contribution < 1.29 is 24.2 Å². The van der Waals surface area contributed by atoms with E-state index in [1.165, 1.54) is 23.4 Å². The van der Waals surface area contributed by atoms with Crippen LogP contribution in [0.4, 0.5) is 4.79 Å². The molecule has 2 aliphatic rings. The molecule has 0 radical (unpaired) electrons. The minimum atomic E-state index is -1.05. The molecule has 174 valence electrons. The second kappa shape index (κ2) is 8.74. The number of hydrogen-bond donors (Lipinski definition) is 2. The number of carbonyl (C=O) groups excluding carboxylic acids is 3. The molecule has 1 aromatic heterocycles. The molecular formula is C24H27N3O5S. The Kier molecular flexibility index (Phi) is 6.13. The van der Waals surface area contributed by atoms with Crippen LogP contribution in [0.3, 0.4) is 0 Å². The van der Waals surface area contributed by atoms with E-state index >= 15 is 0 Å². The smallest absolute Gasteiger partial charge is 0.422 e. The van der Waals surface area contributed by atoms with Crippen molar-refractivity contribution in [2.75, 3.05) is 7.05 Å². The molecule has 0 spiro atoms. The summed E-state index contributed by atoms with van der Waals surface area (Å²) in [6, 6.07) is 11.8. The van der Waals surface area contributed by atoms with Gasteiger partial charge in [0, 0.05) is 16.8 Å². The fourth-order valence-corrected chi connectivity index (χ4v) is 5.10. The van der Waals surface area contributed by atoms with Crippen LogP contribution in [0.1, 0.15) is 31.8 Å². The summed E-state index contributed by atoms with van der Waals surface area (Å²) in [5.41, 5.74) is 2.90. The van der Waals surface area contributed by atoms with E-state index in [1.54, 1.807) is 32.9 Å². The molecule has 0 saturated carbocycles. The van der Waals surface area contributed by atoms with Crippen molar-refractivity contribution >= 4 is 29.2 Å². The minimum Gasteiger partial charge on any atom is -0.443 e. The number of carbonyl (C=O) groups is 3. The average molecular weight is 470 g/mol. The Hall–Kier alpha value is -3.01. The van der Waals surface area contributed by atoms with E-state index < -0.39 is 41.7 Å². The Morgan fingerprint density at radius 2 is 1.79 bits per heavy atom. The Morgan fingerprint density at radius 1 is 1.09 bits per heavy atom. The van der Waals surface area contributed by atoms with Crippen molar-refractivity contribution in [3.05, 3.63) is 59.5 Å². The van der Waals surface area contributed by atoms with Gasteiger partial charge in [0.15, 0.2) is 0 Å². The number of nitrogens with one attached hydrogen (secondary N) is 1. The zero-order valence-corrected chi connectivity index (χ0v) is 19.7. The first-order valence-electron chi connectivity index (χ1n) is 10.7. The number of benzene rings is 1. The summed E-state index contributed by atoms with van der Waals surface area (Å²) < 4.78 is 5.37. The highest BCUT2D eigenvalue weighted by Gasteiger charge is 2.53. The molecule has 8 nitrogen and oxygen atoms in total. The minimum absolute atomic E-state index is 0.354. The number of hydrogen-bond acceptors (Lipinski definition) is 7. The van der Waals surface area contributed by atoms with Crippen LogP contribution in [0, 0.1) is 5.92 Å². The van der Waals surface area contributed by atoms with Crippen LogP contribution in [0.2, 0.25) is 0 Å². The SMILES string of the molecule is CN1C(=O)C2C=CC(C(O)c3ccc(-c4ccccc4)s3)N(NC(=O)OC(C)(C)C)C2C1=O. The molecule has 0 bridgehead atoms. The third kappa shape index (κ3) is 4.57. The predicted octanol–water partition coefficient (Wildman–Crippen LogP) is 3.11. The molecule has 3 heterocycles. The van der Waals surface area contributed by atoms with Gasteiger partial charge >= 0.3 is 6.09 Å². The lowest BCUT2D eigenvalue weighted by molar-refractivity contribution is -0.139. The van der Waals surface area contributed by atoms with E-state index in [9.17, 15) is 19.5 Å². The third-order valence-electron chi connectivity index (χ3n) is 5.60. The molecule has 2 aliphatic heterocycles. The van der Waals surface area contributed by atoms with Crippen LogP contribution in [-0.4, -0.2) is 57.7 Å². The summed E-state index contributed by atoms with van der Waals surface area (Å²) in [7, 11) is 1.42. The normalized spacial score (nSPS) is 24.0. The third-order valence-corrected chi connectivity index (χ3v) is 6.80. The van der Waals surface area contributed by atoms with E-state index in [4.69, 9.17) is 4.74 Å². The number of amides is 3. The van der Waals surface area contributed by atoms with Gasteiger partial charge in [-0.25, -0.2) is 4.79 Å². The molecule has 9 heteroatoms. The van der Waals surface area contributed by atoms with Crippen molar-refractivity contribution in [3.8, 4) is 10.4 Å². The van der Waals surface area contributed by atoms with E-state index in [-0.39, 0.29) is 5.91 Å². The van der Waals surface area contributed by atoms with Crippen LogP contribution < -0.4 is 5.43 Å². The molecule has 1 saturated heterocycles. The molecule has 1 aromatic carbocycles. The lowest BCUT2D eigenvalue weighted by Gasteiger charge is -2.39. The first-order valence-corrected chi connectivity index (χ1v) is 11.5. The standard InChI is InChI=1S/C24H27N3O5S/c1-24(2,3)32-23(31)25-27-16(11-10-15-19(27)22(30)26(4)21(15)29)20(28)18-13-12-17(33-18)14-8-6-5-7-9-14/h5-13,15-16,19-20,28H,1-4H3,(H,25,31). The van der Waals surface area contributed by atoms with Gasteiger partial charge in [-0.2, -0.15) is 5.01 Å². The molecule has 33 heavy (non-hydrogen) atoms. The Balaban J connectivity index is 1.65. The number of imide groups is 1. The fraction of sp³-hybridized carbons (Fsp3) is 0.375. The van der Waals surface area contributed by atoms with Gasteiger partial charge in [-0.3, -0.25) is 19.9 Å². The molecule has 1 fully saturated rings. The maximum absolute atomic E-state index is 12.9. The van der Waals surface area contributed by atoms with Crippen molar-refractivity contribution in [1.82, 2.24) is 15.3 Å². The summed E-state index contributed by atoms with van der Waals surface area (Å²) in [4.78, 5) is 40.7. The number of nitrogens with zero attached hydrogens (tertiary/aromatic N) is 2. The van der Waals surface area contributed by atoms with Crippen LogP contribution in [0.25, 0.3) is 10.4 Å². The first-order chi connectivity index (χ1) is 15.6. The summed E-state index contributed by atoms with van der Waals surface area (Å²) in [5.74, 6) is -1.55. The van der Waals surface area contributed by atoms with E-state index in [1.807, 2.05) is 42.5 Å². The van der Waals surface area contributed by atoms with Crippen LogP contribution >= 0.6 is 11.3 Å². The van der Waals surface area contributed by atoms with Crippen molar-refractivity contribution in [2.45, 2.75) is 44.6 Å². The molecule has 4 unspecified atom stereocenters. The summed E-state index contributed by atoms with van der Waals surface area (Å²) in [6.45, 7) is 5.19. The predicted molar refractivity (Wildman–Crippen MR) is 124 cm³/mol. The van der Waals surface area contributed by atoms with E-state index in [0.29, 0.717) is 4.88 Å². The zero-order valence-electron chi connectivity index (χ0n) is 18.9. The van der Waals surface area contributed by atoms with Crippen molar-refractivity contribution in [3.63, 3.8) is 0 Å². The van der Waals surface area contributed by atoms with Gasteiger partial charge in [-0.1, -0.05) is 42.5 Å². The second-order valence-corrected chi connectivity index (χ2v) is 10.2. The van der Waals surface area contributed by atoms with Gasteiger partial charge in [0.1, 0.15) is 17.7 Å². The molecule has 2 aromatic rings. The van der Waals surface area contributed by atoms with Gasteiger partial charge < -0.3 is 9.84 Å². The van der Waals surface area contributed by atoms with Crippen molar-refractivity contribution in [2.24, 2.45) is 5.92 Å². The Morgan fingerprint density at radius 3 is 2.45 bits per heavy atom. The number of likely N-dealkylation sites (N-methyl/N-ethyl adjacent to an activating group) is 1. The number of hydrazine groups is 1. The molecular weight excluding hydrogens is 442 g/mol. The molecule has 4 atom stereocenters.